The molecule has 108 valence electrons. The smallest absolute Gasteiger partial charge is 0.303 e. The lowest BCUT2D eigenvalue weighted by Gasteiger charge is -2.19. The van der Waals surface area contributed by atoms with Crippen LogP contribution < -0.4 is 16.4 Å². The highest BCUT2D eigenvalue weighted by atomic mass is 16.4. The Bertz CT molecular complexity index is 369. The summed E-state index contributed by atoms with van der Waals surface area (Å²) in [4.78, 5) is 44.4. The van der Waals surface area contributed by atoms with Gasteiger partial charge in [-0.25, -0.2) is 0 Å². The molecule has 0 radical (unpaired) electrons. The van der Waals surface area contributed by atoms with Gasteiger partial charge >= 0.3 is 5.97 Å². The highest BCUT2D eigenvalue weighted by Crippen LogP contribution is 2.00. The normalized spacial score (nSPS) is 13.2. The molecular weight excluding hydrogens is 254 g/mol. The Labute approximate surface area is 110 Å². The number of rotatable bonds is 8. The van der Waals surface area contributed by atoms with E-state index in [1.54, 1.807) is 6.92 Å². The summed E-state index contributed by atoms with van der Waals surface area (Å²) in [6.45, 7) is 3.00. The number of hydrogen-bond donors (Lipinski definition) is 4. The molecule has 0 aliphatic heterocycles. The summed E-state index contributed by atoms with van der Waals surface area (Å²) >= 11 is 0. The molecule has 0 saturated carbocycles. The van der Waals surface area contributed by atoms with E-state index in [2.05, 4.69) is 10.6 Å². The molecule has 0 spiro atoms. The molecule has 0 aromatic carbocycles. The van der Waals surface area contributed by atoms with Gasteiger partial charge in [-0.3, -0.25) is 19.2 Å². The summed E-state index contributed by atoms with van der Waals surface area (Å²) in [5, 5.41) is 13.3. The fourth-order valence-electron chi connectivity index (χ4n) is 1.22. The summed E-state index contributed by atoms with van der Waals surface area (Å²) in [5.41, 5.74) is 5.00. The number of hydrogen-bond acceptors (Lipinski definition) is 4. The quantitative estimate of drug-likeness (QED) is 0.437. The Kier molecular flexibility index (Phi) is 7.16. The number of carboxylic acid groups (broad SMARTS) is 1. The van der Waals surface area contributed by atoms with E-state index in [1.807, 2.05) is 0 Å². The molecule has 0 aliphatic carbocycles. The van der Waals surface area contributed by atoms with Gasteiger partial charge < -0.3 is 21.5 Å². The molecule has 0 aliphatic rings. The Hall–Kier alpha value is -2.12. The maximum atomic E-state index is 11.8. The van der Waals surface area contributed by atoms with Crippen LogP contribution in [-0.2, 0) is 19.2 Å². The number of carboxylic acids is 1. The van der Waals surface area contributed by atoms with Crippen LogP contribution in [0, 0.1) is 0 Å². The predicted octanol–water partition coefficient (Wildman–Crippen LogP) is -1.26. The van der Waals surface area contributed by atoms with Crippen LogP contribution in [0.3, 0.4) is 0 Å². The van der Waals surface area contributed by atoms with Crippen LogP contribution in [0.25, 0.3) is 0 Å². The van der Waals surface area contributed by atoms with Crippen LogP contribution in [0.5, 0.6) is 0 Å². The van der Waals surface area contributed by atoms with Crippen LogP contribution >= 0.6 is 0 Å². The Morgan fingerprint density at radius 3 is 2.21 bits per heavy atom. The van der Waals surface area contributed by atoms with E-state index in [-0.39, 0.29) is 25.2 Å². The zero-order chi connectivity index (χ0) is 15.0. The third kappa shape index (κ3) is 7.02. The first-order valence-corrected chi connectivity index (χ1v) is 5.88. The van der Waals surface area contributed by atoms with Crippen molar-refractivity contribution in [2.24, 2.45) is 5.73 Å². The minimum atomic E-state index is -1.08. The van der Waals surface area contributed by atoms with Crippen molar-refractivity contribution >= 4 is 23.7 Å². The van der Waals surface area contributed by atoms with Gasteiger partial charge in [0.2, 0.25) is 17.7 Å². The van der Waals surface area contributed by atoms with Crippen molar-refractivity contribution in [3.05, 3.63) is 0 Å². The van der Waals surface area contributed by atoms with Gasteiger partial charge in [0.05, 0.1) is 0 Å². The second kappa shape index (κ2) is 8.06. The van der Waals surface area contributed by atoms with Crippen molar-refractivity contribution in [2.45, 2.75) is 45.2 Å². The van der Waals surface area contributed by atoms with E-state index in [9.17, 15) is 19.2 Å². The van der Waals surface area contributed by atoms with Crippen LogP contribution in [0.2, 0.25) is 0 Å². The highest BCUT2D eigenvalue weighted by molar-refractivity contribution is 5.91. The van der Waals surface area contributed by atoms with Gasteiger partial charge in [0.15, 0.2) is 0 Å². The van der Waals surface area contributed by atoms with Gasteiger partial charge in [-0.2, -0.15) is 0 Å². The molecule has 3 amide bonds. The van der Waals surface area contributed by atoms with Gasteiger partial charge in [0.1, 0.15) is 12.1 Å². The molecule has 0 aromatic heterocycles. The van der Waals surface area contributed by atoms with Crippen LogP contribution in [0.1, 0.15) is 33.1 Å². The molecule has 0 bridgehead atoms. The third-order valence-electron chi connectivity index (χ3n) is 2.41. The molecule has 5 N–H and O–H groups in total. The molecule has 2 atom stereocenters. The van der Waals surface area contributed by atoms with Crippen molar-refractivity contribution < 1.29 is 24.3 Å². The van der Waals surface area contributed by atoms with E-state index >= 15 is 0 Å². The monoisotopic (exact) mass is 273 g/mol. The minimum Gasteiger partial charge on any atom is -0.481 e. The number of carbonyl (C=O) groups excluding carboxylic acids is 3. The van der Waals surface area contributed by atoms with E-state index < -0.39 is 29.9 Å². The number of nitrogens with two attached hydrogens (primary N) is 1. The molecule has 0 saturated heterocycles. The van der Waals surface area contributed by atoms with Crippen molar-refractivity contribution in [3.8, 4) is 0 Å². The Morgan fingerprint density at radius 1 is 1.21 bits per heavy atom. The van der Waals surface area contributed by atoms with Crippen LogP contribution in [-0.4, -0.2) is 40.9 Å². The molecule has 8 heteroatoms. The number of nitrogens with one attached hydrogen (secondary N) is 2. The fraction of sp³-hybridized carbons (Fsp3) is 0.636. The largest absolute Gasteiger partial charge is 0.481 e. The number of carbonyl (C=O) groups is 4. The molecule has 0 aromatic rings. The fourth-order valence-corrected chi connectivity index (χ4v) is 1.22. The molecule has 0 fully saturated rings. The average Bonchev–Trinajstić information content (AvgIpc) is 2.33. The van der Waals surface area contributed by atoms with E-state index in [0.717, 1.165) is 0 Å². The summed E-state index contributed by atoms with van der Waals surface area (Å²) in [6.07, 6.45) is -0.159. The van der Waals surface area contributed by atoms with E-state index in [0.29, 0.717) is 0 Å². The van der Waals surface area contributed by atoms with Crippen molar-refractivity contribution in [3.63, 3.8) is 0 Å². The van der Waals surface area contributed by atoms with Gasteiger partial charge in [0.25, 0.3) is 0 Å². The first-order chi connectivity index (χ1) is 8.77. The van der Waals surface area contributed by atoms with Gasteiger partial charge in [-0.05, 0) is 13.3 Å². The first-order valence-electron chi connectivity index (χ1n) is 5.88. The van der Waals surface area contributed by atoms with Crippen molar-refractivity contribution in [2.75, 3.05) is 0 Å². The topological polar surface area (TPSA) is 139 Å². The lowest BCUT2D eigenvalue weighted by Crippen LogP contribution is -2.52. The number of amides is 3. The highest BCUT2D eigenvalue weighted by Gasteiger charge is 2.23. The third-order valence-corrected chi connectivity index (χ3v) is 2.41. The maximum Gasteiger partial charge on any atom is 0.303 e. The second-order valence-electron chi connectivity index (χ2n) is 4.04. The average molecular weight is 273 g/mol. The summed E-state index contributed by atoms with van der Waals surface area (Å²) in [7, 11) is 0. The predicted molar refractivity (Wildman–Crippen MR) is 65.9 cm³/mol. The number of aliphatic carboxylic acids is 1. The summed E-state index contributed by atoms with van der Waals surface area (Å²) < 4.78 is 0. The number of primary amides is 1. The van der Waals surface area contributed by atoms with Crippen LogP contribution in [0.4, 0.5) is 0 Å². The molecule has 8 nitrogen and oxygen atoms in total. The second-order valence-corrected chi connectivity index (χ2v) is 4.04. The molecule has 19 heavy (non-hydrogen) atoms. The lowest BCUT2D eigenvalue weighted by atomic mass is 10.1. The van der Waals surface area contributed by atoms with E-state index in [1.165, 1.54) is 6.92 Å². The van der Waals surface area contributed by atoms with Crippen molar-refractivity contribution in [1.29, 1.82) is 0 Å². The van der Waals surface area contributed by atoms with Crippen molar-refractivity contribution in [1.82, 2.24) is 10.6 Å². The van der Waals surface area contributed by atoms with Gasteiger partial charge in [-0.1, -0.05) is 6.92 Å². The standard InChI is InChI=1S/C11H19N3O5/c1-3-8(15)14-7(4-5-9(16)17)11(19)13-6(2)10(12)18/h6-7H,3-5H2,1-2H3,(H2,12,18)(H,13,19)(H,14,15)(H,16,17)/t6-,7-/m0/s1. The Morgan fingerprint density at radius 2 is 1.79 bits per heavy atom. The Balaban J connectivity index is 4.61. The molecule has 0 heterocycles. The zero-order valence-corrected chi connectivity index (χ0v) is 10.9. The summed E-state index contributed by atoms with van der Waals surface area (Å²) in [5.74, 6) is -2.80. The first kappa shape index (κ1) is 16.9. The van der Waals surface area contributed by atoms with E-state index in [4.69, 9.17) is 10.8 Å². The SMILES string of the molecule is CCC(=O)N[C@@H](CCC(=O)O)C(=O)N[C@@H](C)C(N)=O. The van der Waals surface area contributed by atoms with Crippen LogP contribution in [0.15, 0.2) is 0 Å². The zero-order valence-electron chi connectivity index (χ0n) is 10.9. The molecular formula is C11H19N3O5. The van der Waals surface area contributed by atoms with Gasteiger partial charge in [0, 0.05) is 12.8 Å². The summed E-state index contributed by atoms with van der Waals surface area (Å²) in [6, 6.07) is -1.89. The molecule has 0 unspecified atom stereocenters. The lowest BCUT2D eigenvalue weighted by molar-refractivity contribution is -0.138. The maximum absolute atomic E-state index is 11.8. The van der Waals surface area contributed by atoms with Gasteiger partial charge in [-0.15, -0.1) is 0 Å². The minimum absolute atomic E-state index is 0.0572. The molecule has 0 rings (SSSR count).